The first kappa shape index (κ1) is 13.0. The third-order valence-electron chi connectivity index (χ3n) is 2.91. The Hall–Kier alpha value is -2.04. The lowest BCUT2D eigenvalue weighted by Gasteiger charge is -2.09. The molecule has 0 aliphatic heterocycles. The number of halogens is 2. The highest BCUT2D eigenvalue weighted by molar-refractivity contribution is 6.40. The predicted molar refractivity (Wildman–Crippen MR) is 80.5 cm³/mol. The van der Waals surface area contributed by atoms with Gasteiger partial charge in [0.15, 0.2) is 0 Å². The van der Waals surface area contributed by atoms with Gasteiger partial charge in [-0.25, -0.2) is 4.98 Å². The minimum absolute atomic E-state index is 0.285. The second kappa shape index (κ2) is 5.15. The molecule has 0 aliphatic carbocycles. The molecule has 100 valence electrons. The van der Waals surface area contributed by atoms with E-state index in [4.69, 9.17) is 23.2 Å². The quantitative estimate of drug-likeness (QED) is 0.748. The molecule has 6 heteroatoms. The number of hydrogen-bond acceptors (Lipinski definition) is 2. The van der Waals surface area contributed by atoms with Crippen LogP contribution in [-0.4, -0.2) is 15.9 Å². The standard InChI is InChI=1S/C14H9Cl2N3O/c15-10-2-1-3-11(16)12(10)19-14(20)9-5-7-18-13-8(9)4-6-17-13/h1-7H,(H,17,18)(H,19,20). The van der Waals surface area contributed by atoms with Crippen molar-refractivity contribution in [2.75, 3.05) is 5.32 Å². The van der Waals surface area contributed by atoms with Crippen molar-refractivity contribution in [1.82, 2.24) is 9.97 Å². The van der Waals surface area contributed by atoms with Crippen LogP contribution in [0.3, 0.4) is 0 Å². The van der Waals surface area contributed by atoms with Crippen LogP contribution < -0.4 is 5.32 Å². The van der Waals surface area contributed by atoms with E-state index in [2.05, 4.69) is 15.3 Å². The number of nitrogens with one attached hydrogen (secondary N) is 2. The molecule has 2 aromatic heterocycles. The number of H-pyrrole nitrogens is 1. The number of carbonyl (C=O) groups is 1. The summed E-state index contributed by atoms with van der Waals surface area (Å²) in [6.45, 7) is 0. The summed E-state index contributed by atoms with van der Waals surface area (Å²) in [5, 5.41) is 4.26. The van der Waals surface area contributed by atoms with Crippen molar-refractivity contribution in [3.05, 3.63) is 58.3 Å². The summed E-state index contributed by atoms with van der Waals surface area (Å²) < 4.78 is 0. The Kier molecular flexibility index (Phi) is 3.34. The molecule has 0 saturated carbocycles. The first-order chi connectivity index (χ1) is 9.66. The Morgan fingerprint density at radius 2 is 1.90 bits per heavy atom. The summed E-state index contributed by atoms with van der Waals surface area (Å²) >= 11 is 12.1. The maximum atomic E-state index is 12.4. The van der Waals surface area contributed by atoms with Gasteiger partial charge in [0, 0.05) is 17.8 Å². The fourth-order valence-electron chi connectivity index (χ4n) is 1.96. The molecular formula is C14H9Cl2N3O. The SMILES string of the molecule is O=C(Nc1c(Cl)cccc1Cl)c1ccnc2[nH]ccc12. The van der Waals surface area contributed by atoms with Crippen LogP contribution in [0.1, 0.15) is 10.4 Å². The van der Waals surface area contributed by atoms with E-state index in [1.807, 2.05) is 0 Å². The Balaban J connectivity index is 2.00. The van der Waals surface area contributed by atoms with Gasteiger partial charge in [-0.2, -0.15) is 0 Å². The molecule has 4 nitrogen and oxygen atoms in total. The number of benzene rings is 1. The molecule has 2 N–H and O–H groups in total. The van der Waals surface area contributed by atoms with Crippen molar-refractivity contribution in [3.63, 3.8) is 0 Å². The molecular weight excluding hydrogens is 297 g/mol. The van der Waals surface area contributed by atoms with Gasteiger partial charge in [0.1, 0.15) is 5.65 Å². The van der Waals surface area contributed by atoms with E-state index in [9.17, 15) is 4.79 Å². The number of pyridine rings is 1. The second-order valence-corrected chi connectivity index (χ2v) is 4.96. The summed E-state index contributed by atoms with van der Waals surface area (Å²) in [5.41, 5.74) is 1.57. The molecule has 1 aromatic carbocycles. The maximum Gasteiger partial charge on any atom is 0.256 e. The van der Waals surface area contributed by atoms with E-state index < -0.39 is 0 Å². The molecule has 0 aliphatic rings. The number of amides is 1. The minimum atomic E-state index is -0.285. The monoisotopic (exact) mass is 305 g/mol. The number of aromatic amines is 1. The highest BCUT2D eigenvalue weighted by Crippen LogP contribution is 2.30. The number of aromatic nitrogens is 2. The van der Waals surface area contributed by atoms with Gasteiger partial charge in [0.05, 0.1) is 21.3 Å². The topological polar surface area (TPSA) is 57.8 Å². The number of fused-ring (bicyclic) bond motifs is 1. The molecule has 0 atom stereocenters. The molecule has 3 rings (SSSR count). The molecule has 20 heavy (non-hydrogen) atoms. The fraction of sp³-hybridized carbons (Fsp3) is 0. The average Bonchev–Trinajstić information content (AvgIpc) is 2.91. The lowest BCUT2D eigenvalue weighted by atomic mass is 10.1. The molecule has 0 saturated heterocycles. The number of anilines is 1. The van der Waals surface area contributed by atoms with Gasteiger partial charge in [-0.1, -0.05) is 29.3 Å². The Morgan fingerprint density at radius 3 is 2.65 bits per heavy atom. The minimum Gasteiger partial charge on any atom is -0.346 e. The fourth-order valence-corrected chi connectivity index (χ4v) is 2.45. The Morgan fingerprint density at radius 1 is 1.15 bits per heavy atom. The van der Waals surface area contributed by atoms with Crippen LogP contribution >= 0.6 is 23.2 Å². The molecule has 1 amide bonds. The van der Waals surface area contributed by atoms with Crippen molar-refractivity contribution in [2.45, 2.75) is 0 Å². The lowest BCUT2D eigenvalue weighted by molar-refractivity contribution is 0.102. The van der Waals surface area contributed by atoms with Crippen molar-refractivity contribution < 1.29 is 4.79 Å². The van der Waals surface area contributed by atoms with E-state index >= 15 is 0 Å². The van der Waals surface area contributed by atoms with Crippen molar-refractivity contribution in [3.8, 4) is 0 Å². The van der Waals surface area contributed by atoms with Crippen LogP contribution in [0.4, 0.5) is 5.69 Å². The van der Waals surface area contributed by atoms with Crippen molar-refractivity contribution >= 4 is 45.8 Å². The van der Waals surface area contributed by atoms with E-state index in [-0.39, 0.29) is 5.91 Å². The van der Waals surface area contributed by atoms with Crippen LogP contribution in [0.15, 0.2) is 42.7 Å². The zero-order valence-electron chi connectivity index (χ0n) is 10.2. The predicted octanol–water partition coefficient (Wildman–Crippen LogP) is 4.12. The van der Waals surface area contributed by atoms with Gasteiger partial charge in [-0.3, -0.25) is 4.79 Å². The molecule has 3 aromatic rings. The van der Waals surface area contributed by atoms with Gasteiger partial charge >= 0.3 is 0 Å². The van der Waals surface area contributed by atoms with Crippen LogP contribution in [0, 0.1) is 0 Å². The normalized spacial score (nSPS) is 10.7. The van der Waals surface area contributed by atoms with Crippen LogP contribution in [-0.2, 0) is 0 Å². The third-order valence-corrected chi connectivity index (χ3v) is 3.54. The largest absolute Gasteiger partial charge is 0.346 e. The molecule has 0 bridgehead atoms. The van der Waals surface area contributed by atoms with Gasteiger partial charge in [-0.15, -0.1) is 0 Å². The van der Waals surface area contributed by atoms with Gasteiger partial charge < -0.3 is 10.3 Å². The van der Waals surface area contributed by atoms with E-state index in [0.29, 0.717) is 26.9 Å². The Labute approximate surface area is 124 Å². The number of nitrogens with zero attached hydrogens (tertiary/aromatic N) is 1. The summed E-state index contributed by atoms with van der Waals surface area (Å²) in [6.07, 6.45) is 3.30. The van der Waals surface area contributed by atoms with Crippen molar-refractivity contribution in [2.24, 2.45) is 0 Å². The third kappa shape index (κ3) is 2.24. The number of hydrogen-bond donors (Lipinski definition) is 2. The molecule has 0 unspecified atom stereocenters. The summed E-state index contributed by atoms with van der Waals surface area (Å²) in [7, 11) is 0. The van der Waals surface area contributed by atoms with Crippen molar-refractivity contribution in [1.29, 1.82) is 0 Å². The Bertz CT molecular complexity index is 778. The molecule has 0 fully saturated rings. The van der Waals surface area contributed by atoms with Crippen LogP contribution in [0.5, 0.6) is 0 Å². The maximum absolute atomic E-state index is 12.4. The van der Waals surface area contributed by atoms with Gasteiger partial charge in [0.25, 0.3) is 5.91 Å². The molecule has 0 spiro atoms. The summed E-state index contributed by atoms with van der Waals surface area (Å²) in [4.78, 5) is 19.5. The van der Waals surface area contributed by atoms with E-state index in [1.165, 1.54) is 0 Å². The highest BCUT2D eigenvalue weighted by Gasteiger charge is 2.14. The van der Waals surface area contributed by atoms with Gasteiger partial charge in [-0.05, 0) is 24.3 Å². The first-order valence-corrected chi connectivity index (χ1v) is 6.60. The number of carbonyl (C=O) groups excluding carboxylic acids is 1. The van der Waals surface area contributed by atoms with Crippen LogP contribution in [0.2, 0.25) is 10.0 Å². The highest BCUT2D eigenvalue weighted by atomic mass is 35.5. The lowest BCUT2D eigenvalue weighted by Crippen LogP contribution is -2.13. The van der Waals surface area contributed by atoms with E-state index in [1.54, 1.807) is 42.7 Å². The van der Waals surface area contributed by atoms with E-state index in [0.717, 1.165) is 5.39 Å². The van der Waals surface area contributed by atoms with Gasteiger partial charge in [0.2, 0.25) is 0 Å². The smallest absolute Gasteiger partial charge is 0.256 e. The number of para-hydroxylation sites is 1. The summed E-state index contributed by atoms with van der Waals surface area (Å²) in [6, 6.07) is 8.50. The molecule has 0 radical (unpaired) electrons. The summed E-state index contributed by atoms with van der Waals surface area (Å²) in [5.74, 6) is -0.285. The zero-order valence-corrected chi connectivity index (χ0v) is 11.7. The molecule has 2 heterocycles. The first-order valence-electron chi connectivity index (χ1n) is 5.84. The van der Waals surface area contributed by atoms with Crippen LogP contribution in [0.25, 0.3) is 11.0 Å². The zero-order chi connectivity index (χ0) is 14.1. The average molecular weight is 306 g/mol. The second-order valence-electron chi connectivity index (χ2n) is 4.15. The number of rotatable bonds is 2.